The van der Waals surface area contributed by atoms with E-state index in [4.69, 9.17) is 4.42 Å². The highest BCUT2D eigenvalue weighted by atomic mass is 19.4. The van der Waals surface area contributed by atoms with Gasteiger partial charge < -0.3 is 4.42 Å². The van der Waals surface area contributed by atoms with Crippen LogP contribution in [0.25, 0.3) is 0 Å². The molecule has 0 radical (unpaired) electrons. The number of alkyl halides is 3. The summed E-state index contributed by atoms with van der Waals surface area (Å²) >= 11 is 0. The number of aromatic nitrogens is 1. The fourth-order valence-electron chi connectivity index (χ4n) is 1.63. The van der Waals surface area contributed by atoms with Crippen molar-refractivity contribution < 1.29 is 27.2 Å². The van der Waals surface area contributed by atoms with E-state index in [9.17, 15) is 22.8 Å². The molecule has 0 saturated carbocycles. The van der Waals surface area contributed by atoms with Crippen molar-refractivity contribution in [3.8, 4) is 0 Å². The van der Waals surface area contributed by atoms with Gasteiger partial charge >= 0.3 is 6.18 Å². The van der Waals surface area contributed by atoms with Gasteiger partial charge in [0.2, 0.25) is 0 Å². The molecule has 2 aromatic heterocycles. The summed E-state index contributed by atoms with van der Waals surface area (Å²) in [7, 11) is 0. The Morgan fingerprint density at radius 3 is 2.57 bits per heavy atom. The second-order valence-corrected chi connectivity index (χ2v) is 4.15. The predicted molar refractivity (Wildman–Crippen MR) is 64.5 cm³/mol. The van der Waals surface area contributed by atoms with Crippen LogP contribution in [-0.4, -0.2) is 16.8 Å². The summed E-state index contributed by atoms with van der Waals surface area (Å²) < 4.78 is 43.2. The zero-order chi connectivity index (χ0) is 15.6. The molecule has 2 rings (SSSR count). The van der Waals surface area contributed by atoms with E-state index in [-0.39, 0.29) is 5.56 Å². The van der Waals surface area contributed by atoms with Crippen molar-refractivity contribution in [1.29, 1.82) is 0 Å². The van der Waals surface area contributed by atoms with E-state index in [1.54, 1.807) is 6.92 Å². The number of imide groups is 1. The first-order valence-corrected chi connectivity index (χ1v) is 5.71. The molecule has 21 heavy (non-hydrogen) atoms. The van der Waals surface area contributed by atoms with Crippen molar-refractivity contribution in [2.24, 2.45) is 0 Å². The number of hydrogen-bond acceptors (Lipinski definition) is 4. The molecule has 0 fully saturated rings. The van der Waals surface area contributed by atoms with Crippen LogP contribution in [0.4, 0.5) is 13.2 Å². The van der Waals surface area contributed by atoms with Gasteiger partial charge in [0.05, 0.1) is 16.7 Å². The smallest absolute Gasteiger partial charge is 0.417 e. The van der Waals surface area contributed by atoms with Gasteiger partial charge in [0.15, 0.2) is 0 Å². The van der Waals surface area contributed by atoms with Crippen LogP contribution in [0.5, 0.6) is 0 Å². The normalized spacial score (nSPS) is 11.2. The summed E-state index contributed by atoms with van der Waals surface area (Å²) in [6, 6.07) is 2.03. The topological polar surface area (TPSA) is 72.2 Å². The molecule has 110 valence electrons. The number of furan rings is 1. The molecule has 0 aliphatic carbocycles. The Balaban J connectivity index is 2.24. The Bertz CT molecular complexity index is 692. The van der Waals surface area contributed by atoms with Crippen LogP contribution >= 0.6 is 0 Å². The minimum absolute atomic E-state index is 0.0401. The second kappa shape index (κ2) is 5.39. The van der Waals surface area contributed by atoms with E-state index >= 15 is 0 Å². The van der Waals surface area contributed by atoms with Crippen LogP contribution in [0.3, 0.4) is 0 Å². The predicted octanol–water partition coefficient (Wildman–Crippen LogP) is 2.57. The number of pyridine rings is 1. The maximum atomic E-state index is 12.8. The monoisotopic (exact) mass is 298 g/mol. The van der Waals surface area contributed by atoms with E-state index in [2.05, 4.69) is 4.98 Å². The number of rotatable bonds is 2. The largest absolute Gasteiger partial charge is 0.469 e. The number of carbonyl (C=O) groups excluding carboxylic acids is 2. The molecule has 2 amide bonds. The van der Waals surface area contributed by atoms with Crippen molar-refractivity contribution in [2.75, 3.05) is 0 Å². The van der Waals surface area contributed by atoms with Gasteiger partial charge in [-0.1, -0.05) is 0 Å². The molecule has 0 aliphatic heterocycles. The molecule has 0 spiro atoms. The van der Waals surface area contributed by atoms with Gasteiger partial charge in [-0.3, -0.25) is 19.9 Å². The number of nitrogens with zero attached hydrogens (tertiary/aromatic N) is 1. The average molecular weight is 298 g/mol. The van der Waals surface area contributed by atoms with Crippen molar-refractivity contribution in [1.82, 2.24) is 10.3 Å². The first-order valence-electron chi connectivity index (χ1n) is 5.71. The highest BCUT2D eigenvalue weighted by molar-refractivity contribution is 6.10. The van der Waals surface area contributed by atoms with Gasteiger partial charge in [-0.15, -0.1) is 0 Å². The molecule has 0 aliphatic rings. The van der Waals surface area contributed by atoms with Crippen LogP contribution < -0.4 is 5.32 Å². The van der Waals surface area contributed by atoms with Crippen molar-refractivity contribution >= 4 is 11.8 Å². The molecule has 2 heterocycles. The van der Waals surface area contributed by atoms with E-state index < -0.39 is 29.1 Å². The van der Waals surface area contributed by atoms with Gasteiger partial charge in [0.1, 0.15) is 12.0 Å². The van der Waals surface area contributed by atoms with Gasteiger partial charge in [-0.05, 0) is 19.1 Å². The fraction of sp³-hybridized carbons (Fsp3) is 0.154. The van der Waals surface area contributed by atoms with Crippen LogP contribution in [0.2, 0.25) is 0 Å². The third-order valence-corrected chi connectivity index (χ3v) is 2.59. The van der Waals surface area contributed by atoms with Crippen molar-refractivity contribution in [2.45, 2.75) is 13.1 Å². The third-order valence-electron chi connectivity index (χ3n) is 2.59. The maximum Gasteiger partial charge on any atom is 0.417 e. The number of aryl methyl sites for hydroxylation is 1. The Kier molecular flexibility index (Phi) is 3.79. The minimum Gasteiger partial charge on any atom is -0.469 e. The van der Waals surface area contributed by atoms with Crippen LogP contribution in [0, 0.1) is 6.92 Å². The molecule has 0 aromatic carbocycles. The van der Waals surface area contributed by atoms with E-state index in [0.717, 1.165) is 18.7 Å². The lowest BCUT2D eigenvalue weighted by molar-refractivity contribution is -0.138. The van der Waals surface area contributed by atoms with E-state index in [1.807, 2.05) is 5.32 Å². The molecule has 0 unspecified atom stereocenters. The minimum atomic E-state index is -4.72. The highest BCUT2D eigenvalue weighted by Crippen LogP contribution is 2.31. The first kappa shape index (κ1) is 14.8. The second-order valence-electron chi connectivity index (χ2n) is 4.15. The summed E-state index contributed by atoms with van der Waals surface area (Å²) in [5.41, 5.74) is -1.84. The Morgan fingerprint density at radius 1 is 1.29 bits per heavy atom. The number of carbonyl (C=O) groups is 2. The molecule has 8 heteroatoms. The number of halogens is 3. The van der Waals surface area contributed by atoms with Crippen molar-refractivity contribution in [3.05, 3.63) is 53.2 Å². The molecule has 2 aromatic rings. The fourth-order valence-corrected chi connectivity index (χ4v) is 1.63. The molecule has 0 saturated heterocycles. The molecular weight excluding hydrogens is 289 g/mol. The molecular formula is C13H9F3N2O3. The van der Waals surface area contributed by atoms with E-state index in [0.29, 0.717) is 11.8 Å². The summed E-state index contributed by atoms with van der Waals surface area (Å²) in [5, 5.41) is 1.86. The standard InChI is InChI=1S/C13H9F3N2O3/c1-7-4-8(6-21-7)11(19)18-12(20)9-5-17-3-2-10(9)13(14,15)16/h2-6H,1H3,(H,18,19,20). The average Bonchev–Trinajstić information content (AvgIpc) is 2.84. The third kappa shape index (κ3) is 3.28. The lowest BCUT2D eigenvalue weighted by Gasteiger charge is -2.11. The Labute approximate surface area is 116 Å². The number of hydrogen-bond donors (Lipinski definition) is 1. The molecule has 1 N–H and O–H groups in total. The van der Waals surface area contributed by atoms with Gasteiger partial charge in [-0.25, -0.2) is 0 Å². The number of amides is 2. The Morgan fingerprint density at radius 2 is 2.00 bits per heavy atom. The SMILES string of the molecule is Cc1cc(C(=O)NC(=O)c2cnccc2C(F)(F)F)co1. The van der Waals surface area contributed by atoms with Crippen LogP contribution in [0.1, 0.15) is 32.0 Å². The first-order chi connectivity index (χ1) is 9.79. The molecule has 0 bridgehead atoms. The zero-order valence-corrected chi connectivity index (χ0v) is 10.7. The van der Waals surface area contributed by atoms with Gasteiger partial charge in [-0.2, -0.15) is 13.2 Å². The maximum absolute atomic E-state index is 12.8. The summed E-state index contributed by atoms with van der Waals surface area (Å²) in [6.07, 6.45) is -1.94. The van der Waals surface area contributed by atoms with Gasteiger partial charge in [0, 0.05) is 12.4 Å². The lowest BCUT2D eigenvalue weighted by atomic mass is 10.1. The van der Waals surface area contributed by atoms with Crippen molar-refractivity contribution in [3.63, 3.8) is 0 Å². The lowest BCUT2D eigenvalue weighted by Crippen LogP contribution is -2.32. The Hall–Kier alpha value is -2.64. The summed E-state index contributed by atoms with van der Waals surface area (Å²) in [6.45, 7) is 1.58. The molecule has 5 nitrogen and oxygen atoms in total. The van der Waals surface area contributed by atoms with Crippen LogP contribution in [0.15, 0.2) is 35.2 Å². The quantitative estimate of drug-likeness (QED) is 0.865. The number of nitrogens with one attached hydrogen (secondary N) is 1. The summed E-state index contributed by atoms with van der Waals surface area (Å²) in [4.78, 5) is 27.0. The van der Waals surface area contributed by atoms with Crippen LogP contribution in [-0.2, 0) is 6.18 Å². The summed E-state index contributed by atoms with van der Waals surface area (Å²) in [5.74, 6) is -1.60. The molecule has 0 atom stereocenters. The highest BCUT2D eigenvalue weighted by Gasteiger charge is 2.35. The van der Waals surface area contributed by atoms with Gasteiger partial charge in [0.25, 0.3) is 11.8 Å². The zero-order valence-electron chi connectivity index (χ0n) is 10.7. The van der Waals surface area contributed by atoms with E-state index in [1.165, 1.54) is 6.07 Å².